The maximum Gasteiger partial charge on any atom is 0.320 e. The van der Waals surface area contributed by atoms with Crippen LogP contribution < -0.4 is 15.4 Å². The van der Waals surface area contributed by atoms with E-state index in [2.05, 4.69) is 30.8 Å². The number of anilines is 1. The molecule has 4 rings (SSSR count). The lowest BCUT2D eigenvalue weighted by Crippen LogP contribution is -2.31. The molecule has 30 heavy (non-hydrogen) atoms. The van der Waals surface area contributed by atoms with Crippen molar-refractivity contribution in [1.29, 1.82) is 0 Å². The standard InChI is InChI=1S/C21H19FN6O2/c1-12(13-3-5-15(22)6-4-13)25-21(29)26-19-8-18-17(11-24-19)20(28-27-18)14-7-16(30-2)10-23-9-14/h3-12H,1-2H3,(H,27,28)(H2,24,25,26,29)/t12-/m1/s1. The second kappa shape index (κ2) is 8.16. The Morgan fingerprint density at radius 3 is 2.73 bits per heavy atom. The van der Waals surface area contributed by atoms with Crippen molar-refractivity contribution in [2.75, 3.05) is 12.4 Å². The number of carbonyl (C=O) groups excluding carboxylic acids is 1. The number of hydrogen-bond acceptors (Lipinski definition) is 5. The molecule has 0 radical (unpaired) electrons. The van der Waals surface area contributed by atoms with E-state index in [0.29, 0.717) is 22.8 Å². The van der Waals surface area contributed by atoms with Crippen molar-refractivity contribution >= 4 is 22.8 Å². The largest absolute Gasteiger partial charge is 0.495 e. The second-order valence-corrected chi connectivity index (χ2v) is 6.67. The monoisotopic (exact) mass is 406 g/mol. The molecule has 0 aliphatic carbocycles. The normalized spacial score (nSPS) is 11.8. The third-order valence-corrected chi connectivity index (χ3v) is 4.63. The minimum absolute atomic E-state index is 0.298. The Morgan fingerprint density at radius 1 is 1.17 bits per heavy atom. The number of amides is 2. The molecule has 3 heterocycles. The van der Waals surface area contributed by atoms with Crippen molar-refractivity contribution < 1.29 is 13.9 Å². The van der Waals surface area contributed by atoms with Crippen molar-refractivity contribution in [3.63, 3.8) is 0 Å². The van der Waals surface area contributed by atoms with Crippen LogP contribution in [0.3, 0.4) is 0 Å². The molecule has 0 aliphatic rings. The van der Waals surface area contributed by atoms with E-state index in [4.69, 9.17) is 4.74 Å². The van der Waals surface area contributed by atoms with E-state index in [-0.39, 0.29) is 11.9 Å². The lowest BCUT2D eigenvalue weighted by atomic mass is 10.1. The molecular formula is C21H19FN6O2. The van der Waals surface area contributed by atoms with E-state index in [0.717, 1.165) is 16.5 Å². The third kappa shape index (κ3) is 4.04. The minimum atomic E-state index is -0.421. The molecule has 0 aliphatic heterocycles. The van der Waals surface area contributed by atoms with E-state index in [1.54, 1.807) is 43.9 Å². The third-order valence-electron chi connectivity index (χ3n) is 4.63. The highest BCUT2D eigenvalue weighted by atomic mass is 19.1. The number of hydrogen-bond donors (Lipinski definition) is 3. The highest BCUT2D eigenvalue weighted by molar-refractivity contribution is 5.95. The fourth-order valence-electron chi connectivity index (χ4n) is 3.05. The molecule has 0 unspecified atom stereocenters. The van der Waals surface area contributed by atoms with Gasteiger partial charge in [-0.3, -0.25) is 15.4 Å². The molecule has 8 nitrogen and oxygen atoms in total. The molecule has 0 fully saturated rings. The lowest BCUT2D eigenvalue weighted by molar-refractivity contribution is 0.249. The topological polar surface area (TPSA) is 105 Å². The predicted octanol–water partition coefficient (Wildman–Crippen LogP) is 4.05. The highest BCUT2D eigenvalue weighted by Gasteiger charge is 2.13. The van der Waals surface area contributed by atoms with Gasteiger partial charge in [-0.15, -0.1) is 0 Å². The number of fused-ring (bicyclic) bond motifs is 1. The number of methoxy groups -OCH3 is 1. The number of halogens is 1. The van der Waals surface area contributed by atoms with E-state index < -0.39 is 6.03 Å². The van der Waals surface area contributed by atoms with E-state index >= 15 is 0 Å². The summed E-state index contributed by atoms with van der Waals surface area (Å²) < 4.78 is 18.3. The van der Waals surface area contributed by atoms with Gasteiger partial charge in [0.15, 0.2) is 0 Å². The molecule has 1 aromatic carbocycles. The zero-order chi connectivity index (χ0) is 21.1. The summed E-state index contributed by atoms with van der Waals surface area (Å²) in [5.74, 6) is 0.670. The molecule has 1 atom stereocenters. The van der Waals surface area contributed by atoms with Gasteiger partial charge in [-0.05, 0) is 30.7 Å². The average molecular weight is 406 g/mol. The van der Waals surface area contributed by atoms with Crippen LogP contribution in [0.15, 0.2) is 55.0 Å². The van der Waals surface area contributed by atoms with Gasteiger partial charge >= 0.3 is 6.03 Å². The van der Waals surface area contributed by atoms with Crippen LogP contribution in [0.2, 0.25) is 0 Å². The molecule has 4 aromatic rings. The van der Waals surface area contributed by atoms with Crippen molar-refractivity contribution in [3.8, 4) is 17.0 Å². The fraction of sp³-hybridized carbons (Fsp3) is 0.143. The lowest BCUT2D eigenvalue weighted by Gasteiger charge is -2.14. The van der Waals surface area contributed by atoms with Crippen molar-refractivity contribution in [2.24, 2.45) is 0 Å². The first-order valence-corrected chi connectivity index (χ1v) is 9.20. The molecular weight excluding hydrogens is 387 g/mol. The number of aromatic amines is 1. The fourth-order valence-corrected chi connectivity index (χ4v) is 3.05. The summed E-state index contributed by atoms with van der Waals surface area (Å²) in [6, 6.07) is 8.78. The average Bonchev–Trinajstić information content (AvgIpc) is 3.17. The van der Waals surface area contributed by atoms with Crippen LogP contribution in [0.25, 0.3) is 22.2 Å². The summed E-state index contributed by atoms with van der Waals surface area (Å²) >= 11 is 0. The van der Waals surface area contributed by atoms with E-state index in [9.17, 15) is 9.18 Å². The SMILES string of the molecule is COc1cncc(-c2n[nH]c3cc(NC(=O)N[C@H](C)c4ccc(F)cc4)ncc23)c1. The summed E-state index contributed by atoms with van der Waals surface area (Å²) in [7, 11) is 1.57. The maximum absolute atomic E-state index is 13.1. The van der Waals surface area contributed by atoms with Gasteiger partial charge in [-0.1, -0.05) is 12.1 Å². The summed E-state index contributed by atoms with van der Waals surface area (Å²) in [5, 5.41) is 13.6. The number of nitrogens with one attached hydrogen (secondary N) is 3. The first kappa shape index (κ1) is 19.3. The van der Waals surface area contributed by atoms with Crippen LogP contribution in [0, 0.1) is 5.82 Å². The Kier molecular flexibility index (Phi) is 5.25. The van der Waals surface area contributed by atoms with Crippen LogP contribution in [0.4, 0.5) is 15.0 Å². The summed E-state index contributed by atoms with van der Waals surface area (Å²) in [4.78, 5) is 20.8. The zero-order valence-electron chi connectivity index (χ0n) is 16.3. The second-order valence-electron chi connectivity index (χ2n) is 6.67. The number of rotatable bonds is 5. The number of aromatic nitrogens is 4. The maximum atomic E-state index is 13.1. The van der Waals surface area contributed by atoms with Crippen molar-refractivity contribution in [2.45, 2.75) is 13.0 Å². The Hall–Kier alpha value is -4.01. The van der Waals surface area contributed by atoms with Gasteiger partial charge in [0, 0.05) is 29.4 Å². The first-order chi connectivity index (χ1) is 14.5. The van der Waals surface area contributed by atoms with Gasteiger partial charge in [0.05, 0.1) is 24.9 Å². The summed E-state index contributed by atoms with van der Waals surface area (Å²) in [6.07, 6.45) is 4.94. The van der Waals surface area contributed by atoms with Crippen LogP contribution in [-0.2, 0) is 0 Å². The number of ether oxygens (including phenoxy) is 1. The number of carbonyl (C=O) groups is 1. The number of H-pyrrole nitrogens is 1. The Bertz CT molecular complexity index is 1190. The van der Waals surface area contributed by atoms with Crippen molar-refractivity contribution in [3.05, 3.63) is 66.4 Å². The Labute approximate surface area is 171 Å². The first-order valence-electron chi connectivity index (χ1n) is 9.20. The van der Waals surface area contributed by atoms with E-state index in [1.165, 1.54) is 12.1 Å². The van der Waals surface area contributed by atoms with E-state index in [1.807, 2.05) is 13.0 Å². The Morgan fingerprint density at radius 2 is 1.97 bits per heavy atom. The quantitative estimate of drug-likeness (QED) is 0.464. The van der Waals surface area contributed by atoms with Gasteiger partial charge < -0.3 is 10.1 Å². The highest BCUT2D eigenvalue weighted by Crippen LogP contribution is 2.28. The molecule has 0 bridgehead atoms. The smallest absolute Gasteiger partial charge is 0.320 e. The molecule has 2 amide bonds. The van der Waals surface area contributed by atoms with Crippen LogP contribution in [-0.4, -0.2) is 33.3 Å². The van der Waals surface area contributed by atoms with Gasteiger partial charge in [0.1, 0.15) is 23.1 Å². The number of nitrogens with zero attached hydrogens (tertiary/aromatic N) is 3. The van der Waals surface area contributed by atoms with Crippen LogP contribution in [0.1, 0.15) is 18.5 Å². The zero-order valence-corrected chi connectivity index (χ0v) is 16.3. The molecule has 3 N–H and O–H groups in total. The summed E-state index contributed by atoms with van der Waals surface area (Å²) in [6.45, 7) is 1.81. The molecule has 0 saturated heterocycles. The van der Waals surface area contributed by atoms with Gasteiger partial charge in [0.2, 0.25) is 0 Å². The van der Waals surface area contributed by atoms with Crippen LogP contribution >= 0.6 is 0 Å². The number of benzene rings is 1. The predicted molar refractivity (Wildman–Crippen MR) is 111 cm³/mol. The molecule has 152 valence electrons. The van der Waals surface area contributed by atoms with Gasteiger partial charge in [-0.25, -0.2) is 14.2 Å². The van der Waals surface area contributed by atoms with Gasteiger partial charge in [-0.2, -0.15) is 5.10 Å². The minimum Gasteiger partial charge on any atom is -0.495 e. The number of pyridine rings is 2. The molecule has 3 aromatic heterocycles. The Balaban J connectivity index is 1.48. The number of urea groups is 1. The van der Waals surface area contributed by atoms with Crippen LogP contribution in [0.5, 0.6) is 5.75 Å². The molecule has 9 heteroatoms. The van der Waals surface area contributed by atoms with Crippen molar-refractivity contribution in [1.82, 2.24) is 25.5 Å². The summed E-state index contributed by atoms with van der Waals surface area (Å²) in [5.41, 5.74) is 2.98. The molecule has 0 saturated carbocycles. The van der Waals surface area contributed by atoms with Gasteiger partial charge in [0.25, 0.3) is 0 Å². The molecule has 0 spiro atoms.